The summed E-state index contributed by atoms with van der Waals surface area (Å²) in [6, 6.07) is 6.31. The molecule has 0 radical (unpaired) electrons. The number of nitrogens with zero attached hydrogens (tertiary/aromatic N) is 1. The van der Waals surface area contributed by atoms with Crippen LogP contribution < -0.4 is 0 Å². The molecule has 1 spiro atoms. The molecule has 2 aliphatic carbocycles. The Balaban J connectivity index is 1.60. The third-order valence-electron chi connectivity index (χ3n) is 5.79. The van der Waals surface area contributed by atoms with Crippen molar-refractivity contribution in [3.63, 3.8) is 0 Å². The molecule has 2 fully saturated rings. The van der Waals surface area contributed by atoms with Crippen molar-refractivity contribution in [1.82, 2.24) is 4.90 Å². The van der Waals surface area contributed by atoms with E-state index in [-0.39, 0.29) is 11.4 Å². The summed E-state index contributed by atoms with van der Waals surface area (Å²) in [5.41, 5.74) is 2.85. The van der Waals surface area contributed by atoms with Gasteiger partial charge in [-0.3, -0.25) is 4.79 Å². The molecule has 4 heteroatoms. The Morgan fingerprint density at radius 1 is 1.26 bits per heavy atom. The molecule has 1 atom stereocenters. The minimum atomic E-state index is -0.290. The van der Waals surface area contributed by atoms with Crippen LogP contribution in [0.5, 0.6) is 0 Å². The molecule has 1 saturated heterocycles. The van der Waals surface area contributed by atoms with Gasteiger partial charge in [0.15, 0.2) is 0 Å². The molecule has 1 aromatic carbocycles. The summed E-state index contributed by atoms with van der Waals surface area (Å²) in [6.45, 7) is 0.944. The van der Waals surface area contributed by atoms with E-state index in [0.29, 0.717) is 17.5 Å². The minimum Gasteiger partial charge on any atom is -0.465 e. The summed E-state index contributed by atoms with van der Waals surface area (Å²) in [5.74, 6) is 0.0932. The number of aryl methyl sites for hydroxylation is 1. The molecule has 0 bridgehead atoms. The van der Waals surface area contributed by atoms with Crippen LogP contribution in [0.4, 0.5) is 0 Å². The number of hydrogen-bond donors (Lipinski definition) is 0. The van der Waals surface area contributed by atoms with Gasteiger partial charge in [-0.25, -0.2) is 4.79 Å². The molecule has 1 aromatic rings. The van der Waals surface area contributed by atoms with E-state index in [9.17, 15) is 9.59 Å². The first-order chi connectivity index (χ1) is 11.1. The number of piperidine rings is 1. The Labute approximate surface area is 136 Å². The Bertz CT molecular complexity index is 665. The van der Waals surface area contributed by atoms with Crippen molar-refractivity contribution in [1.29, 1.82) is 0 Å². The topological polar surface area (TPSA) is 46.6 Å². The highest BCUT2D eigenvalue weighted by molar-refractivity contribution is 5.90. The molecule has 1 aliphatic heterocycles. The van der Waals surface area contributed by atoms with Gasteiger partial charge >= 0.3 is 5.97 Å². The van der Waals surface area contributed by atoms with Gasteiger partial charge in [0.2, 0.25) is 5.91 Å². The van der Waals surface area contributed by atoms with Crippen LogP contribution in [0.25, 0.3) is 0 Å². The molecule has 1 heterocycles. The van der Waals surface area contributed by atoms with Crippen LogP contribution in [-0.2, 0) is 22.4 Å². The van der Waals surface area contributed by atoms with E-state index in [2.05, 4.69) is 4.90 Å². The number of carbonyl (C=O) groups is 2. The lowest BCUT2D eigenvalue weighted by Crippen LogP contribution is -2.52. The molecule has 4 rings (SSSR count). The average molecular weight is 313 g/mol. The molecule has 122 valence electrons. The number of esters is 1. The van der Waals surface area contributed by atoms with Crippen molar-refractivity contribution in [3.8, 4) is 0 Å². The van der Waals surface area contributed by atoms with Crippen LogP contribution in [-0.4, -0.2) is 36.5 Å². The van der Waals surface area contributed by atoms with Gasteiger partial charge in [0.1, 0.15) is 0 Å². The molecule has 0 N–H and O–H groups in total. The van der Waals surface area contributed by atoms with Crippen LogP contribution in [0.1, 0.15) is 53.6 Å². The van der Waals surface area contributed by atoms with Crippen LogP contribution in [0.3, 0.4) is 0 Å². The Kier molecular flexibility index (Phi) is 3.43. The molecule has 1 saturated carbocycles. The summed E-state index contributed by atoms with van der Waals surface area (Å²) in [5, 5.41) is 0. The van der Waals surface area contributed by atoms with Crippen LogP contribution in [0, 0.1) is 5.41 Å². The van der Waals surface area contributed by atoms with Crippen molar-refractivity contribution >= 4 is 11.9 Å². The number of ether oxygens (including phenoxy) is 1. The second kappa shape index (κ2) is 5.36. The van der Waals surface area contributed by atoms with E-state index in [1.165, 1.54) is 31.1 Å². The molecular formula is C19H23NO3. The quantitative estimate of drug-likeness (QED) is 0.789. The number of methoxy groups -OCH3 is 1. The van der Waals surface area contributed by atoms with Crippen LogP contribution in [0.15, 0.2) is 18.2 Å². The van der Waals surface area contributed by atoms with Gasteiger partial charge in [0.05, 0.1) is 18.1 Å². The highest BCUT2D eigenvalue weighted by Gasteiger charge is 2.48. The van der Waals surface area contributed by atoms with Crippen molar-refractivity contribution < 1.29 is 14.3 Å². The summed E-state index contributed by atoms with van der Waals surface area (Å²) in [6.07, 6.45) is 7.11. The third kappa shape index (κ3) is 2.44. The highest BCUT2D eigenvalue weighted by Crippen LogP contribution is 2.45. The van der Waals surface area contributed by atoms with Gasteiger partial charge in [-0.05, 0) is 68.2 Å². The Morgan fingerprint density at radius 2 is 2.09 bits per heavy atom. The fourth-order valence-electron chi connectivity index (χ4n) is 4.33. The van der Waals surface area contributed by atoms with Crippen LogP contribution >= 0.6 is 0 Å². The number of benzene rings is 1. The fourth-order valence-corrected chi connectivity index (χ4v) is 4.33. The number of likely N-dealkylation sites (tertiary alicyclic amines) is 1. The van der Waals surface area contributed by atoms with Gasteiger partial charge < -0.3 is 9.64 Å². The molecular weight excluding hydrogens is 290 g/mol. The lowest BCUT2D eigenvalue weighted by molar-refractivity contribution is -0.148. The predicted molar refractivity (Wildman–Crippen MR) is 86.2 cm³/mol. The fraction of sp³-hybridized carbons (Fsp3) is 0.579. The average Bonchev–Trinajstić information content (AvgIpc) is 3.41. The minimum absolute atomic E-state index is 0.194. The molecule has 4 nitrogen and oxygen atoms in total. The molecule has 1 amide bonds. The Hall–Kier alpha value is -1.84. The largest absolute Gasteiger partial charge is 0.465 e. The second-order valence-corrected chi connectivity index (χ2v) is 7.27. The first-order valence-electron chi connectivity index (χ1n) is 8.64. The standard InChI is InChI=1S/C19H23NO3/c1-23-17(21)14-3-4-15-12-19(9-7-13(15)11-14)8-2-10-20(18(19)22)16-5-6-16/h3-4,11,16H,2,5-10,12H2,1H3/t19-/m0/s1. The monoisotopic (exact) mass is 313 g/mol. The number of carbonyl (C=O) groups excluding carboxylic acids is 2. The zero-order valence-corrected chi connectivity index (χ0v) is 13.6. The van der Waals surface area contributed by atoms with Crippen molar-refractivity contribution in [3.05, 3.63) is 34.9 Å². The van der Waals surface area contributed by atoms with E-state index in [1.54, 1.807) is 0 Å². The summed E-state index contributed by atoms with van der Waals surface area (Å²) in [7, 11) is 1.41. The number of rotatable bonds is 2. The lowest BCUT2D eigenvalue weighted by atomic mass is 9.66. The molecule has 23 heavy (non-hydrogen) atoms. The number of fused-ring (bicyclic) bond motifs is 1. The summed E-state index contributed by atoms with van der Waals surface area (Å²) < 4.78 is 4.80. The van der Waals surface area contributed by atoms with Gasteiger partial charge in [0, 0.05) is 12.6 Å². The van der Waals surface area contributed by atoms with Crippen LogP contribution in [0.2, 0.25) is 0 Å². The number of hydrogen-bond acceptors (Lipinski definition) is 3. The Morgan fingerprint density at radius 3 is 2.83 bits per heavy atom. The summed E-state index contributed by atoms with van der Waals surface area (Å²) >= 11 is 0. The molecule has 0 unspecified atom stereocenters. The lowest BCUT2D eigenvalue weighted by Gasteiger charge is -2.44. The second-order valence-electron chi connectivity index (χ2n) is 7.27. The maximum Gasteiger partial charge on any atom is 0.337 e. The predicted octanol–water partition coefficient (Wildman–Crippen LogP) is 2.73. The maximum absolute atomic E-state index is 13.1. The van der Waals surface area contributed by atoms with Gasteiger partial charge in [-0.15, -0.1) is 0 Å². The maximum atomic E-state index is 13.1. The van der Waals surface area contributed by atoms with Gasteiger partial charge in [-0.1, -0.05) is 6.07 Å². The van der Waals surface area contributed by atoms with E-state index in [1.807, 2.05) is 18.2 Å². The van der Waals surface area contributed by atoms with E-state index in [0.717, 1.165) is 38.6 Å². The van der Waals surface area contributed by atoms with Crippen molar-refractivity contribution in [2.24, 2.45) is 5.41 Å². The SMILES string of the molecule is COC(=O)c1ccc2c(c1)CC[C@@]1(CCCN(C3CC3)C1=O)C2. The van der Waals surface area contributed by atoms with E-state index >= 15 is 0 Å². The zero-order valence-electron chi connectivity index (χ0n) is 13.6. The molecule has 0 aromatic heterocycles. The first-order valence-corrected chi connectivity index (χ1v) is 8.64. The third-order valence-corrected chi connectivity index (χ3v) is 5.79. The van der Waals surface area contributed by atoms with Crippen molar-refractivity contribution in [2.75, 3.05) is 13.7 Å². The van der Waals surface area contributed by atoms with Gasteiger partial charge in [-0.2, -0.15) is 0 Å². The van der Waals surface area contributed by atoms with Gasteiger partial charge in [0.25, 0.3) is 0 Å². The summed E-state index contributed by atoms with van der Waals surface area (Å²) in [4.78, 5) is 26.9. The van der Waals surface area contributed by atoms with Crippen molar-refractivity contribution in [2.45, 2.75) is 51.0 Å². The first kappa shape index (κ1) is 14.7. The highest BCUT2D eigenvalue weighted by atomic mass is 16.5. The van der Waals surface area contributed by atoms with E-state index < -0.39 is 0 Å². The van der Waals surface area contributed by atoms with E-state index in [4.69, 9.17) is 4.74 Å². The zero-order chi connectivity index (χ0) is 16.0. The normalized spacial score (nSPS) is 27.0. The smallest absolute Gasteiger partial charge is 0.337 e. The molecule has 3 aliphatic rings. The number of amides is 1.